The summed E-state index contributed by atoms with van der Waals surface area (Å²) in [5, 5.41) is 19.8. The van der Waals surface area contributed by atoms with E-state index in [4.69, 9.17) is 0 Å². The maximum absolute atomic E-state index is 10.6. The van der Waals surface area contributed by atoms with E-state index in [9.17, 15) is 15.2 Å². The van der Waals surface area contributed by atoms with E-state index in [0.717, 1.165) is 19.4 Å². The van der Waals surface area contributed by atoms with Crippen molar-refractivity contribution in [2.24, 2.45) is 5.92 Å². The lowest BCUT2D eigenvalue weighted by atomic mass is 9.82. The van der Waals surface area contributed by atoms with Gasteiger partial charge in [-0.25, -0.2) is 4.98 Å². The molecule has 0 radical (unpaired) electrons. The van der Waals surface area contributed by atoms with Crippen LogP contribution in [0.5, 0.6) is 0 Å². The molecule has 1 aliphatic rings. The number of rotatable bonds is 4. The lowest BCUT2D eigenvalue weighted by Gasteiger charge is -2.34. The molecule has 92 valence electrons. The first-order valence-corrected chi connectivity index (χ1v) is 5.56. The first-order valence-electron chi connectivity index (χ1n) is 5.56. The van der Waals surface area contributed by atoms with E-state index in [-0.39, 0.29) is 11.8 Å². The molecule has 1 fully saturated rings. The predicted molar refractivity (Wildman–Crippen MR) is 62.9 cm³/mol. The average molecular weight is 237 g/mol. The predicted octanol–water partition coefficient (Wildman–Crippen LogP) is 1.20. The van der Waals surface area contributed by atoms with Gasteiger partial charge in [0.25, 0.3) is 5.69 Å². The van der Waals surface area contributed by atoms with Crippen molar-refractivity contribution in [3.8, 4) is 0 Å². The summed E-state index contributed by atoms with van der Waals surface area (Å²) in [6.45, 7) is 0.769. The van der Waals surface area contributed by atoms with Gasteiger partial charge in [-0.2, -0.15) is 0 Å². The fourth-order valence-corrected chi connectivity index (χ4v) is 2.06. The normalized spacial score (nSPS) is 22.9. The minimum atomic E-state index is -0.424. The maximum Gasteiger partial charge on any atom is 0.274 e. The monoisotopic (exact) mass is 237 g/mol. The molecular formula is C11H15N3O3. The molecule has 2 rings (SSSR count). The largest absolute Gasteiger partial charge is 0.393 e. The van der Waals surface area contributed by atoms with Crippen LogP contribution in [0.2, 0.25) is 0 Å². The average Bonchev–Trinajstić information content (AvgIpc) is 2.27. The Morgan fingerprint density at radius 3 is 2.94 bits per heavy atom. The molecule has 0 atom stereocenters. The minimum absolute atomic E-state index is 0.0514. The summed E-state index contributed by atoms with van der Waals surface area (Å²) in [5.74, 6) is 1.05. The molecule has 0 saturated heterocycles. The highest BCUT2D eigenvalue weighted by molar-refractivity contribution is 5.46. The molecule has 0 aliphatic heterocycles. The fraction of sp³-hybridized carbons (Fsp3) is 0.545. The van der Waals surface area contributed by atoms with Crippen molar-refractivity contribution in [1.29, 1.82) is 0 Å². The van der Waals surface area contributed by atoms with Gasteiger partial charge in [0.05, 0.1) is 17.1 Å². The van der Waals surface area contributed by atoms with Gasteiger partial charge in [-0.1, -0.05) is 0 Å². The SMILES string of the molecule is CN(CC1CC(O)C1)c1cc([N+](=O)[O-])ccn1. The van der Waals surface area contributed by atoms with Gasteiger partial charge in [0.1, 0.15) is 5.82 Å². The number of pyridine rings is 1. The maximum atomic E-state index is 10.6. The van der Waals surface area contributed by atoms with Crippen LogP contribution in [0.4, 0.5) is 11.5 Å². The molecule has 0 amide bonds. The van der Waals surface area contributed by atoms with Crippen LogP contribution < -0.4 is 4.90 Å². The van der Waals surface area contributed by atoms with Crippen LogP contribution in [-0.4, -0.2) is 34.7 Å². The molecular weight excluding hydrogens is 222 g/mol. The molecule has 1 aliphatic carbocycles. The van der Waals surface area contributed by atoms with Crippen LogP contribution in [-0.2, 0) is 0 Å². The molecule has 0 unspecified atom stereocenters. The van der Waals surface area contributed by atoms with Crippen molar-refractivity contribution < 1.29 is 10.0 Å². The third kappa shape index (κ3) is 2.71. The van der Waals surface area contributed by atoms with Crippen molar-refractivity contribution in [1.82, 2.24) is 4.98 Å². The van der Waals surface area contributed by atoms with E-state index in [1.54, 1.807) is 0 Å². The Kier molecular flexibility index (Phi) is 3.23. The van der Waals surface area contributed by atoms with Gasteiger partial charge in [0, 0.05) is 25.9 Å². The smallest absolute Gasteiger partial charge is 0.274 e. The molecule has 0 bridgehead atoms. The minimum Gasteiger partial charge on any atom is -0.393 e. The van der Waals surface area contributed by atoms with Crippen LogP contribution in [0, 0.1) is 16.0 Å². The molecule has 6 nitrogen and oxygen atoms in total. The molecule has 1 aromatic heterocycles. The number of aliphatic hydroxyl groups excluding tert-OH is 1. The molecule has 0 aromatic carbocycles. The summed E-state index contributed by atoms with van der Waals surface area (Å²) < 4.78 is 0. The van der Waals surface area contributed by atoms with Crippen molar-refractivity contribution in [3.05, 3.63) is 28.4 Å². The molecule has 1 aromatic rings. The topological polar surface area (TPSA) is 79.5 Å². The highest BCUT2D eigenvalue weighted by Crippen LogP contribution is 2.29. The molecule has 1 saturated carbocycles. The summed E-state index contributed by atoms with van der Waals surface area (Å²) in [4.78, 5) is 16.2. The van der Waals surface area contributed by atoms with E-state index in [1.165, 1.54) is 18.3 Å². The zero-order valence-corrected chi connectivity index (χ0v) is 9.61. The fourth-order valence-electron chi connectivity index (χ4n) is 2.06. The van der Waals surface area contributed by atoms with Gasteiger partial charge in [0.2, 0.25) is 0 Å². The number of nitrogens with zero attached hydrogens (tertiary/aromatic N) is 3. The zero-order chi connectivity index (χ0) is 12.4. The highest BCUT2D eigenvalue weighted by atomic mass is 16.6. The van der Waals surface area contributed by atoms with Crippen LogP contribution >= 0.6 is 0 Å². The number of nitro groups is 1. The van der Waals surface area contributed by atoms with E-state index >= 15 is 0 Å². The molecule has 17 heavy (non-hydrogen) atoms. The van der Waals surface area contributed by atoms with E-state index in [0.29, 0.717) is 11.7 Å². The van der Waals surface area contributed by atoms with Crippen molar-refractivity contribution in [2.45, 2.75) is 18.9 Å². The summed E-state index contributed by atoms with van der Waals surface area (Å²) in [7, 11) is 1.86. The standard InChI is InChI=1S/C11H15N3O3/c1-13(7-8-4-10(15)5-8)11-6-9(14(16)17)2-3-12-11/h2-3,6,8,10,15H,4-5,7H2,1H3. The van der Waals surface area contributed by atoms with Gasteiger partial charge in [-0.3, -0.25) is 10.1 Å². The Hall–Kier alpha value is -1.69. The highest BCUT2D eigenvalue weighted by Gasteiger charge is 2.28. The van der Waals surface area contributed by atoms with Crippen molar-refractivity contribution in [2.75, 3.05) is 18.5 Å². The van der Waals surface area contributed by atoms with Crippen LogP contribution in [0.1, 0.15) is 12.8 Å². The summed E-state index contributed by atoms with van der Waals surface area (Å²) in [6, 6.07) is 2.85. The molecule has 1 N–H and O–H groups in total. The lowest BCUT2D eigenvalue weighted by Crippen LogP contribution is -2.37. The summed E-state index contributed by atoms with van der Waals surface area (Å²) in [6.07, 6.45) is 2.88. The van der Waals surface area contributed by atoms with Gasteiger partial charge in [-0.05, 0) is 18.8 Å². The van der Waals surface area contributed by atoms with Gasteiger partial charge >= 0.3 is 0 Å². The van der Waals surface area contributed by atoms with Crippen molar-refractivity contribution in [3.63, 3.8) is 0 Å². The quantitative estimate of drug-likeness (QED) is 0.628. The summed E-state index contributed by atoms with van der Waals surface area (Å²) in [5.41, 5.74) is 0.0514. The first-order chi connectivity index (χ1) is 8.06. The van der Waals surface area contributed by atoms with Gasteiger partial charge in [-0.15, -0.1) is 0 Å². The summed E-state index contributed by atoms with van der Waals surface area (Å²) >= 11 is 0. The number of aromatic nitrogens is 1. The Labute approximate surface area is 99.0 Å². The second-order valence-corrected chi connectivity index (χ2v) is 4.50. The Morgan fingerprint density at radius 1 is 1.65 bits per heavy atom. The third-order valence-corrected chi connectivity index (χ3v) is 3.07. The second-order valence-electron chi connectivity index (χ2n) is 4.50. The Bertz CT molecular complexity index is 418. The number of aliphatic hydroxyl groups is 1. The first kappa shape index (κ1) is 11.8. The second kappa shape index (κ2) is 4.67. The third-order valence-electron chi connectivity index (χ3n) is 3.07. The lowest BCUT2D eigenvalue weighted by molar-refractivity contribution is -0.384. The molecule has 0 spiro atoms. The van der Waals surface area contributed by atoms with E-state index in [2.05, 4.69) is 4.98 Å². The number of hydrogen-bond acceptors (Lipinski definition) is 5. The number of anilines is 1. The van der Waals surface area contributed by atoms with Crippen molar-refractivity contribution >= 4 is 11.5 Å². The van der Waals surface area contributed by atoms with Crippen LogP contribution in [0.25, 0.3) is 0 Å². The van der Waals surface area contributed by atoms with Crippen LogP contribution in [0.3, 0.4) is 0 Å². The van der Waals surface area contributed by atoms with E-state index < -0.39 is 4.92 Å². The molecule has 1 heterocycles. The Morgan fingerprint density at radius 2 is 2.35 bits per heavy atom. The van der Waals surface area contributed by atoms with Gasteiger partial charge in [0.15, 0.2) is 0 Å². The van der Waals surface area contributed by atoms with Gasteiger partial charge < -0.3 is 10.0 Å². The molecule has 6 heteroatoms. The van der Waals surface area contributed by atoms with E-state index in [1.807, 2.05) is 11.9 Å². The Balaban J connectivity index is 2.00. The van der Waals surface area contributed by atoms with Crippen LogP contribution in [0.15, 0.2) is 18.3 Å². The zero-order valence-electron chi connectivity index (χ0n) is 9.61. The number of hydrogen-bond donors (Lipinski definition) is 1.